The van der Waals surface area contributed by atoms with Crippen molar-refractivity contribution < 1.29 is 18.7 Å². The average Bonchev–Trinajstić information content (AvgIpc) is 3.00. The summed E-state index contributed by atoms with van der Waals surface area (Å²) in [6.45, 7) is 5.76. The van der Waals surface area contributed by atoms with Crippen LogP contribution in [0.4, 0.5) is 0 Å². The second-order valence-corrected chi connectivity index (χ2v) is 6.65. The Bertz CT molecular complexity index is 1040. The fourth-order valence-corrected chi connectivity index (χ4v) is 3.05. The van der Waals surface area contributed by atoms with Crippen molar-refractivity contribution in [2.75, 3.05) is 14.2 Å². The van der Waals surface area contributed by atoms with Crippen molar-refractivity contribution in [3.63, 3.8) is 0 Å². The standard InChI is InChI=1S/C21H22N2O4/c1-12-6-7-19-15(8-12)9-17(13(2)22-19)20(24)23(4)11-16-10-18(14(3)27-16)21(25)26-5/h6-10H,11H2,1-5H3. The summed E-state index contributed by atoms with van der Waals surface area (Å²) in [6, 6.07) is 9.45. The van der Waals surface area contributed by atoms with Gasteiger partial charge in [0.15, 0.2) is 0 Å². The first-order valence-corrected chi connectivity index (χ1v) is 8.61. The molecule has 6 heteroatoms. The molecule has 0 aliphatic rings. The minimum absolute atomic E-state index is 0.155. The van der Waals surface area contributed by atoms with E-state index in [9.17, 15) is 9.59 Å². The highest BCUT2D eigenvalue weighted by Gasteiger charge is 2.20. The Hall–Kier alpha value is -3.15. The largest absolute Gasteiger partial charge is 0.465 e. The number of methoxy groups -OCH3 is 1. The molecular weight excluding hydrogens is 344 g/mol. The van der Waals surface area contributed by atoms with E-state index in [0.717, 1.165) is 16.5 Å². The molecule has 27 heavy (non-hydrogen) atoms. The molecule has 2 heterocycles. The van der Waals surface area contributed by atoms with Gasteiger partial charge in [-0.2, -0.15) is 0 Å². The predicted molar refractivity (Wildman–Crippen MR) is 102 cm³/mol. The first-order valence-electron chi connectivity index (χ1n) is 8.61. The number of fused-ring (bicyclic) bond motifs is 1. The maximum Gasteiger partial charge on any atom is 0.341 e. The second-order valence-electron chi connectivity index (χ2n) is 6.65. The van der Waals surface area contributed by atoms with Gasteiger partial charge >= 0.3 is 5.97 Å². The maximum atomic E-state index is 12.9. The molecule has 0 radical (unpaired) electrons. The van der Waals surface area contributed by atoms with Gasteiger partial charge in [0.1, 0.15) is 17.1 Å². The van der Waals surface area contributed by atoms with Crippen molar-refractivity contribution in [2.45, 2.75) is 27.3 Å². The summed E-state index contributed by atoms with van der Waals surface area (Å²) in [5.41, 5.74) is 3.57. The van der Waals surface area contributed by atoms with Crippen molar-refractivity contribution in [1.29, 1.82) is 0 Å². The molecule has 0 atom stereocenters. The van der Waals surface area contributed by atoms with E-state index in [1.54, 1.807) is 24.9 Å². The third kappa shape index (κ3) is 3.69. The molecule has 0 fully saturated rings. The van der Waals surface area contributed by atoms with Crippen LogP contribution in [0.15, 0.2) is 34.7 Å². The molecule has 0 N–H and O–H groups in total. The number of carbonyl (C=O) groups is 2. The zero-order valence-electron chi connectivity index (χ0n) is 16.1. The van der Waals surface area contributed by atoms with Crippen LogP contribution in [0, 0.1) is 20.8 Å². The molecule has 0 saturated carbocycles. The van der Waals surface area contributed by atoms with Crippen LogP contribution in [0.3, 0.4) is 0 Å². The van der Waals surface area contributed by atoms with Crippen LogP contribution in [0.2, 0.25) is 0 Å². The van der Waals surface area contributed by atoms with Gasteiger partial charge in [-0.1, -0.05) is 11.6 Å². The summed E-state index contributed by atoms with van der Waals surface area (Å²) >= 11 is 0. The van der Waals surface area contributed by atoms with Crippen molar-refractivity contribution in [3.05, 3.63) is 64.2 Å². The summed E-state index contributed by atoms with van der Waals surface area (Å²) in [5.74, 6) is 0.376. The third-order valence-electron chi connectivity index (χ3n) is 4.51. The van der Waals surface area contributed by atoms with E-state index < -0.39 is 5.97 Å². The monoisotopic (exact) mass is 366 g/mol. The lowest BCUT2D eigenvalue weighted by atomic mass is 10.1. The zero-order chi connectivity index (χ0) is 19.7. The highest BCUT2D eigenvalue weighted by molar-refractivity contribution is 5.98. The van der Waals surface area contributed by atoms with Crippen molar-refractivity contribution in [3.8, 4) is 0 Å². The van der Waals surface area contributed by atoms with Gasteiger partial charge in [0, 0.05) is 12.4 Å². The minimum atomic E-state index is -0.457. The van der Waals surface area contributed by atoms with Gasteiger partial charge in [-0.3, -0.25) is 9.78 Å². The number of aromatic nitrogens is 1. The SMILES string of the molecule is COC(=O)c1cc(CN(C)C(=O)c2cc3cc(C)ccc3nc2C)oc1C. The molecule has 0 spiro atoms. The van der Waals surface area contributed by atoms with Crippen molar-refractivity contribution >= 4 is 22.8 Å². The molecule has 2 aromatic heterocycles. The number of hydrogen-bond acceptors (Lipinski definition) is 5. The number of pyridine rings is 1. The van der Waals surface area contributed by atoms with Gasteiger partial charge < -0.3 is 14.1 Å². The minimum Gasteiger partial charge on any atom is -0.465 e. The average molecular weight is 366 g/mol. The Labute approximate surface area is 157 Å². The first-order chi connectivity index (χ1) is 12.8. The van der Waals surface area contributed by atoms with Gasteiger partial charge in [0.25, 0.3) is 5.91 Å². The van der Waals surface area contributed by atoms with E-state index in [2.05, 4.69) is 4.98 Å². The third-order valence-corrected chi connectivity index (χ3v) is 4.51. The maximum absolute atomic E-state index is 12.9. The lowest BCUT2D eigenvalue weighted by molar-refractivity contribution is 0.0598. The van der Waals surface area contributed by atoms with Gasteiger partial charge in [-0.05, 0) is 45.0 Å². The smallest absolute Gasteiger partial charge is 0.341 e. The molecule has 3 rings (SSSR count). The van der Waals surface area contributed by atoms with E-state index in [1.165, 1.54) is 7.11 Å². The predicted octanol–water partition coefficient (Wildman–Crippen LogP) is 3.81. The number of amides is 1. The van der Waals surface area contributed by atoms with Crippen molar-refractivity contribution in [1.82, 2.24) is 9.88 Å². The van der Waals surface area contributed by atoms with Crippen LogP contribution in [-0.2, 0) is 11.3 Å². The Morgan fingerprint density at radius 1 is 1.11 bits per heavy atom. The number of nitrogens with zero attached hydrogens (tertiary/aromatic N) is 2. The van der Waals surface area contributed by atoms with Gasteiger partial charge in [0.05, 0.1) is 30.4 Å². The topological polar surface area (TPSA) is 72.6 Å². The number of rotatable bonds is 4. The van der Waals surface area contributed by atoms with E-state index in [0.29, 0.717) is 28.3 Å². The summed E-state index contributed by atoms with van der Waals surface area (Å²) < 4.78 is 10.3. The number of aryl methyl sites for hydroxylation is 3. The van der Waals surface area contributed by atoms with E-state index in [1.807, 2.05) is 38.1 Å². The van der Waals surface area contributed by atoms with E-state index in [-0.39, 0.29) is 12.5 Å². The molecule has 0 aliphatic carbocycles. The number of carbonyl (C=O) groups excluding carboxylic acids is 2. The fourth-order valence-electron chi connectivity index (χ4n) is 3.05. The van der Waals surface area contributed by atoms with Gasteiger partial charge in [-0.25, -0.2) is 4.79 Å². The van der Waals surface area contributed by atoms with Gasteiger partial charge in [-0.15, -0.1) is 0 Å². The Kier molecular flexibility index (Phi) is 4.99. The summed E-state index contributed by atoms with van der Waals surface area (Å²) in [7, 11) is 3.01. The molecular formula is C21H22N2O4. The molecule has 1 amide bonds. The summed E-state index contributed by atoms with van der Waals surface area (Å²) in [4.78, 5) is 30.7. The van der Waals surface area contributed by atoms with E-state index in [4.69, 9.17) is 9.15 Å². The number of ether oxygens (including phenoxy) is 1. The van der Waals surface area contributed by atoms with E-state index >= 15 is 0 Å². The highest BCUT2D eigenvalue weighted by atomic mass is 16.5. The lowest BCUT2D eigenvalue weighted by Crippen LogP contribution is -2.27. The molecule has 3 aromatic rings. The Morgan fingerprint density at radius 2 is 1.85 bits per heavy atom. The van der Waals surface area contributed by atoms with Crippen LogP contribution in [0.5, 0.6) is 0 Å². The molecule has 0 bridgehead atoms. The number of hydrogen-bond donors (Lipinski definition) is 0. The molecule has 140 valence electrons. The fraction of sp³-hybridized carbons (Fsp3) is 0.286. The molecule has 6 nitrogen and oxygen atoms in total. The number of benzene rings is 1. The van der Waals surface area contributed by atoms with Crippen LogP contribution < -0.4 is 0 Å². The van der Waals surface area contributed by atoms with Crippen molar-refractivity contribution in [2.24, 2.45) is 0 Å². The van der Waals surface area contributed by atoms with Crippen LogP contribution in [-0.4, -0.2) is 35.9 Å². The lowest BCUT2D eigenvalue weighted by Gasteiger charge is -2.17. The quantitative estimate of drug-likeness (QED) is 0.657. The molecule has 1 aromatic carbocycles. The second kappa shape index (κ2) is 7.23. The molecule has 0 unspecified atom stereocenters. The van der Waals surface area contributed by atoms with Crippen LogP contribution >= 0.6 is 0 Å². The highest BCUT2D eigenvalue weighted by Crippen LogP contribution is 2.21. The normalized spacial score (nSPS) is 10.9. The van der Waals surface area contributed by atoms with Crippen LogP contribution in [0.25, 0.3) is 10.9 Å². The molecule has 0 aliphatic heterocycles. The summed E-state index contributed by atoms with van der Waals surface area (Å²) in [6.07, 6.45) is 0. The Balaban J connectivity index is 1.86. The zero-order valence-corrected chi connectivity index (χ0v) is 16.1. The molecule has 0 saturated heterocycles. The Morgan fingerprint density at radius 3 is 2.56 bits per heavy atom. The van der Waals surface area contributed by atoms with Crippen LogP contribution in [0.1, 0.15) is 43.5 Å². The van der Waals surface area contributed by atoms with Gasteiger partial charge in [0.2, 0.25) is 0 Å². The number of esters is 1. The first kappa shape index (κ1) is 18.6. The summed E-state index contributed by atoms with van der Waals surface area (Å²) in [5, 5.41) is 0.930. The number of furan rings is 1.